The predicted octanol–water partition coefficient (Wildman–Crippen LogP) is 2.74. The smallest absolute Gasteiger partial charge is 0.382 e. The molecule has 0 amide bonds. The van der Waals surface area contributed by atoms with Gasteiger partial charge in [0, 0.05) is 6.20 Å². The zero-order chi connectivity index (χ0) is 15.5. The molecular weight excluding hydrogens is 309 g/mol. The van der Waals surface area contributed by atoms with E-state index in [2.05, 4.69) is 14.4 Å². The van der Waals surface area contributed by atoms with Gasteiger partial charge in [-0.05, 0) is 35.9 Å². The lowest BCUT2D eigenvalue weighted by atomic mass is 10.1. The SMILES string of the molecule is O=S(=O)(CCC(F)(F)F)Oc1ccc(-c2ccn[nH]2)cc1. The van der Waals surface area contributed by atoms with Crippen molar-refractivity contribution in [3.63, 3.8) is 0 Å². The summed E-state index contributed by atoms with van der Waals surface area (Å²) in [5.74, 6) is -1.15. The van der Waals surface area contributed by atoms with Crippen molar-refractivity contribution in [2.75, 3.05) is 5.75 Å². The van der Waals surface area contributed by atoms with Crippen molar-refractivity contribution in [3.05, 3.63) is 36.5 Å². The molecule has 0 fully saturated rings. The van der Waals surface area contributed by atoms with Gasteiger partial charge in [-0.3, -0.25) is 5.10 Å². The number of hydrogen-bond acceptors (Lipinski definition) is 4. The van der Waals surface area contributed by atoms with Crippen LogP contribution in [-0.4, -0.2) is 30.5 Å². The van der Waals surface area contributed by atoms with E-state index in [1.807, 2.05) is 0 Å². The molecule has 0 aliphatic heterocycles. The lowest BCUT2D eigenvalue weighted by molar-refractivity contribution is -0.130. The van der Waals surface area contributed by atoms with Gasteiger partial charge in [-0.15, -0.1) is 0 Å². The number of alkyl halides is 3. The Morgan fingerprint density at radius 1 is 1.14 bits per heavy atom. The monoisotopic (exact) mass is 320 g/mol. The molecule has 0 saturated heterocycles. The highest BCUT2D eigenvalue weighted by Crippen LogP contribution is 2.23. The molecule has 1 aromatic heterocycles. The average molecular weight is 320 g/mol. The van der Waals surface area contributed by atoms with E-state index < -0.39 is 28.5 Å². The van der Waals surface area contributed by atoms with E-state index in [0.717, 1.165) is 11.3 Å². The molecule has 0 unspecified atom stereocenters. The standard InChI is InChI=1S/C12H11F3N2O3S/c13-12(14,15)6-8-21(18,19)20-10-3-1-9(2-4-10)11-5-7-16-17-11/h1-5,7H,6,8H2,(H,16,17). The highest BCUT2D eigenvalue weighted by molar-refractivity contribution is 7.87. The minimum Gasteiger partial charge on any atom is -0.382 e. The van der Waals surface area contributed by atoms with E-state index in [0.29, 0.717) is 0 Å². The van der Waals surface area contributed by atoms with E-state index in [4.69, 9.17) is 0 Å². The predicted molar refractivity (Wildman–Crippen MR) is 69.1 cm³/mol. The third-order valence-corrected chi connectivity index (χ3v) is 3.68. The minimum absolute atomic E-state index is 0.0413. The summed E-state index contributed by atoms with van der Waals surface area (Å²) in [5.41, 5.74) is 1.47. The van der Waals surface area contributed by atoms with E-state index in [-0.39, 0.29) is 5.75 Å². The van der Waals surface area contributed by atoms with Crippen LogP contribution in [0.15, 0.2) is 36.5 Å². The number of nitrogens with one attached hydrogen (secondary N) is 1. The molecule has 0 radical (unpaired) electrons. The van der Waals surface area contributed by atoms with Gasteiger partial charge in [0.25, 0.3) is 0 Å². The quantitative estimate of drug-likeness (QED) is 0.860. The second-order valence-electron chi connectivity index (χ2n) is 4.21. The number of aromatic amines is 1. The first-order valence-corrected chi connectivity index (χ1v) is 7.42. The van der Waals surface area contributed by atoms with Crippen LogP contribution in [-0.2, 0) is 10.1 Å². The van der Waals surface area contributed by atoms with Crippen molar-refractivity contribution in [1.82, 2.24) is 10.2 Å². The second-order valence-corrected chi connectivity index (χ2v) is 5.90. The van der Waals surface area contributed by atoms with Crippen LogP contribution < -0.4 is 4.18 Å². The third kappa shape index (κ3) is 4.78. The van der Waals surface area contributed by atoms with Crippen molar-refractivity contribution in [2.45, 2.75) is 12.6 Å². The number of nitrogens with zero attached hydrogens (tertiary/aromatic N) is 1. The van der Waals surface area contributed by atoms with Gasteiger partial charge >= 0.3 is 16.3 Å². The van der Waals surface area contributed by atoms with Gasteiger partial charge in [0.1, 0.15) is 5.75 Å². The Morgan fingerprint density at radius 3 is 2.33 bits per heavy atom. The van der Waals surface area contributed by atoms with Gasteiger partial charge in [-0.2, -0.15) is 26.7 Å². The maximum absolute atomic E-state index is 12.0. The molecule has 0 bridgehead atoms. The summed E-state index contributed by atoms with van der Waals surface area (Å²) in [5, 5.41) is 6.49. The Morgan fingerprint density at radius 2 is 1.81 bits per heavy atom. The van der Waals surface area contributed by atoms with Crippen LogP contribution in [0.2, 0.25) is 0 Å². The molecule has 1 aromatic carbocycles. The van der Waals surface area contributed by atoms with Crippen LogP contribution >= 0.6 is 0 Å². The minimum atomic E-state index is -4.54. The molecule has 2 aromatic rings. The Kier molecular flexibility index (Phi) is 4.21. The Balaban J connectivity index is 2.03. The highest BCUT2D eigenvalue weighted by atomic mass is 32.2. The fourth-order valence-electron chi connectivity index (χ4n) is 1.54. The molecule has 0 atom stereocenters. The van der Waals surface area contributed by atoms with Crippen molar-refractivity contribution in [2.24, 2.45) is 0 Å². The fraction of sp³-hybridized carbons (Fsp3) is 0.250. The van der Waals surface area contributed by atoms with Crippen LogP contribution in [0.25, 0.3) is 11.3 Å². The normalized spacial score (nSPS) is 12.3. The van der Waals surface area contributed by atoms with E-state index in [9.17, 15) is 21.6 Å². The number of H-pyrrole nitrogens is 1. The first-order valence-electron chi connectivity index (χ1n) is 5.84. The molecule has 1 heterocycles. The van der Waals surface area contributed by atoms with Gasteiger partial charge in [0.2, 0.25) is 0 Å². The lowest BCUT2D eigenvalue weighted by Crippen LogP contribution is -2.20. The molecule has 9 heteroatoms. The van der Waals surface area contributed by atoms with Gasteiger partial charge in [0.15, 0.2) is 0 Å². The topological polar surface area (TPSA) is 72.1 Å². The van der Waals surface area contributed by atoms with Crippen LogP contribution in [0.1, 0.15) is 6.42 Å². The number of rotatable bonds is 5. The van der Waals surface area contributed by atoms with E-state index in [1.165, 1.54) is 12.1 Å². The van der Waals surface area contributed by atoms with Crippen molar-refractivity contribution in [3.8, 4) is 17.0 Å². The maximum Gasteiger partial charge on any atom is 0.390 e. The first kappa shape index (κ1) is 15.4. The summed E-state index contributed by atoms with van der Waals surface area (Å²) in [6.07, 6.45) is -4.43. The van der Waals surface area contributed by atoms with Crippen molar-refractivity contribution < 1.29 is 25.8 Å². The highest BCUT2D eigenvalue weighted by Gasteiger charge is 2.30. The zero-order valence-corrected chi connectivity index (χ0v) is 11.4. The molecule has 0 aliphatic carbocycles. The fourth-order valence-corrected chi connectivity index (χ4v) is 2.50. The Bertz CT molecular complexity index is 680. The van der Waals surface area contributed by atoms with Crippen LogP contribution in [0.5, 0.6) is 5.75 Å². The summed E-state index contributed by atoms with van der Waals surface area (Å²) >= 11 is 0. The number of halogens is 3. The van der Waals surface area contributed by atoms with Crippen molar-refractivity contribution in [1.29, 1.82) is 0 Å². The lowest BCUT2D eigenvalue weighted by Gasteiger charge is -2.09. The van der Waals surface area contributed by atoms with Gasteiger partial charge in [0.05, 0.1) is 17.9 Å². The summed E-state index contributed by atoms with van der Waals surface area (Å²) in [4.78, 5) is 0. The van der Waals surface area contributed by atoms with E-state index >= 15 is 0 Å². The molecule has 2 rings (SSSR count). The molecule has 1 N–H and O–H groups in total. The molecule has 21 heavy (non-hydrogen) atoms. The number of hydrogen-bond donors (Lipinski definition) is 1. The second kappa shape index (κ2) is 5.76. The van der Waals surface area contributed by atoms with Gasteiger partial charge < -0.3 is 4.18 Å². The Hall–Kier alpha value is -2.03. The number of benzene rings is 1. The summed E-state index contributed by atoms with van der Waals surface area (Å²) in [7, 11) is -4.27. The average Bonchev–Trinajstić information content (AvgIpc) is 2.90. The number of aromatic nitrogens is 2. The Labute approximate surface area is 118 Å². The van der Waals surface area contributed by atoms with Crippen LogP contribution in [0.3, 0.4) is 0 Å². The maximum atomic E-state index is 12.0. The molecular formula is C12H11F3N2O3S. The molecule has 0 spiro atoms. The molecule has 0 saturated carbocycles. The van der Waals surface area contributed by atoms with Gasteiger partial charge in [-0.1, -0.05) is 0 Å². The summed E-state index contributed by atoms with van der Waals surface area (Å²) in [6, 6.07) is 7.59. The van der Waals surface area contributed by atoms with Gasteiger partial charge in [-0.25, -0.2) is 0 Å². The molecule has 0 aliphatic rings. The van der Waals surface area contributed by atoms with E-state index in [1.54, 1.807) is 24.4 Å². The summed E-state index contributed by atoms with van der Waals surface area (Å²) < 4.78 is 63.5. The zero-order valence-electron chi connectivity index (χ0n) is 10.6. The largest absolute Gasteiger partial charge is 0.390 e. The molecule has 5 nitrogen and oxygen atoms in total. The van der Waals surface area contributed by atoms with Crippen LogP contribution in [0.4, 0.5) is 13.2 Å². The molecule has 114 valence electrons. The third-order valence-electron chi connectivity index (χ3n) is 2.52. The first-order chi connectivity index (χ1) is 9.75. The van der Waals surface area contributed by atoms with Crippen LogP contribution in [0, 0.1) is 0 Å². The summed E-state index contributed by atoms with van der Waals surface area (Å²) in [6.45, 7) is 0. The van der Waals surface area contributed by atoms with Crippen molar-refractivity contribution >= 4 is 10.1 Å².